The molecule has 4 heterocycles. The van der Waals surface area contributed by atoms with E-state index in [1.165, 1.54) is 4.90 Å². The highest BCUT2D eigenvalue weighted by atomic mass is 15.2. The molecule has 1 aromatic heterocycles. The van der Waals surface area contributed by atoms with Crippen LogP contribution in [-0.2, 0) is 16.2 Å². The standard InChI is InChI=1S/C64H57BN4/c1-62(2,3)42-25-30-45(31-26-42)66(46-32-27-43(28-33-46)63(4,5)6)48-34-35-51-56(39-48)67(47-29-24-40-16-10-11-17-41(40)36-47)57-37-44(64(7,8)9)38-58-59(57)65(51)52-20-15-23-55-61(52)69(58)54-22-14-19-50-49-18-12-13-21-53(49)68(55)60(50)54/h10-39H,1-9H3/i10D,11D,12D,13D,14D,15D,16D,17D,18D,19D,20D,21D,22D,23D,24D,25D,26D,27D,28D,29D,30D,31D,32D,33D,34D,35D,36D,37D,38D,39D. The lowest BCUT2D eigenvalue weighted by Gasteiger charge is -2.47. The van der Waals surface area contributed by atoms with Crippen molar-refractivity contribution in [3.8, 4) is 5.69 Å². The molecule has 0 fully saturated rings. The van der Waals surface area contributed by atoms with Crippen LogP contribution in [0.15, 0.2) is 181 Å². The van der Waals surface area contributed by atoms with Gasteiger partial charge in [0.15, 0.2) is 0 Å². The molecule has 0 saturated carbocycles. The number of nitrogens with zero attached hydrogens (tertiary/aromatic N) is 4. The van der Waals surface area contributed by atoms with Crippen LogP contribution in [0.5, 0.6) is 0 Å². The Kier molecular flexibility index (Phi) is 4.42. The third-order valence-corrected chi connectivity index (χ3v) is 12.7. The van der Waals surface area contributed by atoms with Gasteiger partial charge in [-0.3, -0.25) is 0 Å². The smallest absolute Gasteiger partial charge is 0.252 e. The monoisotopic (exact) mass is 923 g/mol. The minimum absolute atomic E-state index is 0.148. The average Bonchev–Trinajstić information content (AvgIpc) is 1.52. The SMILES string of the molecule is [2H]c1c([2H])c2c3c(c1[2H])-n1c4c([2H])c([2H])c([2H])c([2H])c4c4c([2H])c([2H])c([2H])c(c41)N3c1c([2H])c(C(C)(C)C)c([2H])c3c1B2c1c([2H])c([2H])c(N(c2c([2H])c([2H])c(C(C)(C)C)c([2H])c2[2H])c2c([2H])c([2H])c(C(C)(C)C)c([2H])c2[2H])c([2H])c1N3c1c([2H])c([2H])c2c([2H])c([2H])c([2H])c([2H])c2c1[2H]. The van der Waals surface area contributed by atoms with Crippen LogP contribution in [-0.4, -0.2) is 11.3 Å². The number of anilines is 9. The number of rotatable bonds is 4. The quantitative estimate of drug-likeness (QED) is 0.164. The van der Waals surface area contributed by atoms with E-state index in [4.69, 9.17) is 6.85 Å². The predicted molar refractivity (Wildman–Crippen MR) is 297 cm³/mol. The summed E-state index contributed by atoms with van der Waals surface area (Å²) in [5, 5.41) is -2.05. The molecular formula is C64H57BN4. The minimum atomic E-state index is -2.05. The highest BCUT2D eigenvalue weighted by Gasteiger charge is 2.47. The lowest BCUT2D eigenvalue weighted by atomic mass is 9.33. The molecule has 0 radical (unpaired) electrons. The number of para-hydroxylation sites is 3. The van der Waals surface area contributed by atoms with Gasteiger partial charge in [0.2, 0.25) is 0 Å². The highest BCUT2D eigenvalue weighted by molar-refractivity contribution is 7.00. The Labute approximate surface area is 449 Å². The fraction of sp³-hybridized carbons (Fsp3) is 0.188. The Balaban J connectivity index is 1.35. The van der Waals surface area contributed by atoms with Crippen LogP contribution in [0.4, 0.5) is 51.2 Å². The summed E-state index contributed by atoms with van der Waals surface area (Å²) < 4.78 is 294. The zero-order chi connectivity index (χ0) is 73.4. The summed E-state index contributed by atoms with van der Waals surface area (Å²) in [4.78, 5) is 2.63. The van der Waals surface area contributed by atoms with Gasteiger partial charge in [0, 0.05) is 50.6 Å². The zero-order valence-corrected chi connectivity index (χ0v) is 38.9. The second kappa shape index (κ2) is 14.5. The van der Waals surface area contributed by atoms with E-state index < -0.39 is 294 Å². The van der Waals surface area contributed by atoms with Crippen molar-refractivity contribution in [1.82, 2.24) is 4.57 Å². The predicted octanol–water partition coefficient (Wildman–Crippen LogP) is 15.7. The molecule has 0 saturated heterocycles. The Morgan fingerprint density at radius 2 is 1.00 bits per heavy atom. The summed E-state index contributed by atoms with van der Waals surface area (Å²) in [7, 11) is 0. The maximum Gasteiger partial charge on any atom is 0.252 e. The van der Waals surface area contributed by atoms with Gasteiger partial charge < -0.3 is 19.3 Å². The number of benzene rings is 9. The summed E-state index contributed by atoms with van der Waals surface area (Å²) in [6.07, 6.45) is 0. The van der Waals surface area contributed by atoms with Crippen molar-refractivity contribution in [2.24, 2.45) is 0 Å². The van der Waals surface area contributed by atoms with E-state index in [1.54, 1.807) is 62.3 Å². The molecule has 13 rings (SSSR count). The average molecular weight is 923 g/mol. The van der Waals surface area contributed by atoms with E-state index >= 15 is 0 Å². The van der Waals surface area contributed by atoms with Crippen molar-refractivity contribution in [2.75, 3.05) is 14.7 Å². The topological polar surface area (TPSA) is 14.7 Å². The fourth-order valence-corrected chi connectivity index (χ4v) is 9.26. The van der Waals surface area contributed by atoms with Gasteiger partial charge in [-0.05, 0) is 139 Å². The van der Waals surface area contributed by atoms with Crippen molar-refractivity contribution < 1.29 is 41.1 Å². The first-order valence-corrected chi connectivity index (χ1v) is 22.3. The summed E-state index contributed by atoms with van der Waals surface area (Å²) in [6, 6.07) is -25.7. The third kappa shape index (κ3) is 6.22. The van der Waals surface area contributed by atoms with Crippen LogP contribution in [0.25, 0.3) is 38.3 Å². The summed E-state index contributed by atoms with van der Waals surface area (Å²) in [6.45, 7) is 12.3. The third-order valence-electron chi connectivity index (χ3n) is 12.7. The summed E-state index contributed by atoms with van der Waals surface area (Å²) in [5.74, 6) is 0. The molecule has 0 unspecified atom stereocenters. The van der Waals surface area contributed by atoms with Crippen molar-refractivity contribution in [3.05, 3.63) is 198 Å². The van der Waals surface area contributed by atoms with E-state index in [0.29, 0.717) is 4.90 Å². The van der Waals surface area contributed by atoms with Crippen LogP contribution in [0.3, 0.4) is 0 Å². The number of hydrogen-bond donors (Lipinski definition) is 0. The van der Waals surface area contributed by atoms with E-state index in [9.17, 15) is 34.3 Å². The van der Waals surface area contributed by atoms with Crippen molar-refractivity contribution in [1.29, 1.82) is 0 Å². The van der Waals surface area contributed by atoms with Crippen molar-refractivity contribution >= 4 is 107 Å². The Bertz CT molecular complexity index is 5410. The van der Waals surface area contributed by atoms with Gasteiger partial charge in [-0.1, -0.05) is 165 Å². The molecule has 336 valence electrons. The van der Waals surface area contributed by atoms with Gasteiger partial charge in [0.05, 0.1) is 69.2 Å². The molecule has 0 amide bonds. The highest BCUT2D eigenvalue weighted by Crippen LogP contribution is 2.53. The summed E-state index contributed by atoms with van der Waals surface area (Å²) >= 11 is 0. The largest absolute Gasteiger partial charge is 0.311 e. The fourth-order valence-electron chi connectivity index (χ4n) is 9.26. The molecule has 0 N–H and O–H groups in total. The van der Waals surface area contributed by atoms with Crippen LogP contribution in [0, 0.1) is 0 Å². The lowest BCUT2D eigenvalue weighted by Crippen LogP contribution is -2.62. The van der Waals surface area contributed by atoms with Crippen LogP contribution >= 0.6 is 0 Å². The first-order chi connectivity index (χ1) is 45.7. The molecule has 3 aliphatic heterocycles. The van der Waals surface area contributed by atoms with Gasteiger partial charge in [-0.25, -0.2) is 0 Å². The number of fused-ring (bicyclic) bond motifs is 10. The maximum atomic E-state index is 11.1. The molecule has 0 bridgehead atoms. The van der Waals surface area contributed by atoms with Crippen LogP contribution in [0.1, 0.15) is 120 Å². The minimum Gasteiger partial charge on any atom is -0.311 e. The van der Waals surface area contributed by atoms with Crippen LogP contribution in [0.2, 0.25) is 0 Å². The Morgan fingerprint density at radius 3 is 1.68 bits per heavy atom. The second-order valence-corrected chi connectivity index (χ2v) is 20.3. The molecule has 10 aromatic rings. The van der Waals surface area contributed by atoms with Gasteiger partial charge in [0.1, 0.15) is 0 Å². The normalized spacial score (nSPS) is 19.9. The second-order valence-electron chi connectivity index (χ2n) is 20.3. The molecule has 69 heavy (non-hydrogen) atoms. The lowest BCUT2D eigenvalue weighted by molar-refractivity contribution is 0.590. The molecule has 0 aliphatic carbocycles. The number of aromatic nitrogens is 1. The van der Waals surface area contributed by atoms with Gasteiger partial charge in [-0.2, -0.15) is 0 Å². The molecule has 9 aromatic carbocycles. The van der Waals surface area contributed by atoms with Crippen molar-refractivity contribution in [3.63, 3.8) is 0 Å². The van der Waals surface area contributed by atoms with E-state index in [-0.39, 0.29) is 33.0 Å². The molecule has 4 nitrogen and oxygen atoms in total. The van der Waals surface area contributed by atoms with Crippen LogP contribution < -0.4 is 31.1 Å². The van der Waals surface area contributed by atoms with E-state index in [1.807, 2.05) is 0 Å². The maximum absolute atomic E-state index is 11.1. The van der Waals surface area contributed by atoms with Crippen molar-refractivity contribution in [2.45, 2.75) is 78.6 Å². The first kappa shape index (κ1) is 21.0. The van der Waals surface area contributed by atoms with Gasteiger partial charge in [0.25, 0.3) is 6.71 Å². The summed E-state index contributed by atoms with van der Waals surface area (Å²) in [5.41, 5.74) is -13.4. The molecular weight excluding hydrogens is 836 g/mol. The molecule has 0 spiro atoms. The Hall–Kier alpha value is -7.50. The van der Waals surface area contributed by atoms with E-state index in [0.717, 1.165) is 9.47 Å². The van der Waals surface area contributed by atoms with E-state index in [2.05, 4.69) is 0 Å². The molecule has 5 heteroatoms. The zero-order valence-electron chi connectivity index (χ0n) is 68.9. The Morgan fingerprint density at radius 1 is 0.420 bits per heavy atom. The first-order valence-electron chi connectivity index (χ1n) is 37.3. The number of hydrogen-bond acceptors (Lipinski definition) is 3. The van der Waals surface area contributed by atoms with Gasteiger partial charge in [-0.15, -0.1) is 0 Å². The van der Waals surface area contributed by atoms with Gasteiger partial charge >= 0.3 is 0 Å². The molecule has 0 atom stereocenters. The molecule has 3 aliphatic rings.